The minimum atomic E-state index is -1.56. The van der Waals surface area contributed by atoms with E-state index in [2.05, 4.69) is 0 Å². The zero-order valence-electron chi connectivity index (χ0n) is 23.2. The van der Waals surface area contributed by atoms with Crippen molar-refractivity contribution in [2.75, 3.05) is 79.3 Å². The van der Waals surface area contributed by atoms with Gasteiger partial charge in [0.2, 0.25) is 0 Å². The van der Waals surface area contributed by atoms with E-state index in [1.165, 1.54) is 0 Å². The molecule has 0 spiro atoms. The van der Waals surface area contributed by atoms with Gasteiger partial charge >= 0.3 is 23.9 Å². The Morgan fingerprint density at radius 3 is 0.842 bits per heavy atom. The maximum Gasteiger partial charge on any atom is 0.323 e. The number of ether oxygens (including phenoxy) is 8. The summed E-state index contributed by atoms with van der Waals surface area (Å²) >= 11 is 0. The molecule has 1 saturated heterocycles. The Bertz CT molecular complexity index is 603. The Hall–Kier alpha value is -2.28. The van der Waals surface area contributed by atoms with Crippen LogP contribution in [0.2, 0.25) is 0 Å². The summed E-state index contributed by atoms with van der Waals surface area (Å²) in [4.78, 5) is 51.5. The van der Waals surface area contributed by atoms with E-state index in [9.17, 15) is 19.2 Å². The Morgan fingerprint density at radius 2 is 0.658 bits per heavy atom. The second-order valence-corrected chi connectivity index (χ2v) is 8.50. The van der Waals surface area contributed by atoms with Crippen molar-refractivity contribution in [1.29, 1.82) is 0 Å². The SMILES string of the molecule is CCOC(=O)C1(C(=O)OCC)CCOCCOCCC(C(=O)OCC)(C(=O)OCC)CCOCCOCC1. The van der Waals surface area contributed by atoms with E-state index in [0.29, 0.717) is 0 Å². The van der Waals surface area contributed by atoms with E-state index >= 15 is 0 Å². The summed E-state index contributed by atoms with van der Waals surface area (Å²) in [5.41, 5.74) is -3.11. The molecule has 0 aromatic carbocycles. The molecule has 0 aromatic rings. The van der Waals surface area contributed by atoms with Gasteiger partial charge in [-0.3, -0.25) is 19.2 Å². The quantitative estimate of drug-likeness (QED) is 0.248. The van der Waals surface area contributed by atoms with Crippen LogP contribution in [0.25, 0.3) is 0 Å². The van der Waals surface area contributed by atoms with E-state index in [1.54, 1.807) is 27.7 Å². The highest BCUT2D eigenvalue weighted by Crippen LogP contribution is 2.32. The van der Waals surface area contributed by atoms with Crippen molar-refractivity contribution in [2.45, 2.75) is 53.4 Å². The molecule has 220 valence electrons. The van der Waals surface area contributed by atoms with Gasteiger partial charge in [-0.1, -0.05) is 0 Å². The molecule has 12 heteroatoms. The second kappa shape index (κ2) is 18.9. The third kappa shape index (κ3) is 10.1. The number of esters is 4. The molecule has 0 radical (unpaired) electrons. The highest BCUT2D eigenvalue weighted by atomic mass is 16.6. The van der Waals surface area contributed by atoms with E-state index in [0.717, 1.165) is 0 Å². The van der Waals surface area contributed by atoms with Crippen molar-refractivity contribution in [1.82, 2.24) is 0 Å². The third-order valence-electron chi connectivity index (χ3n) is 6.10. The molecule has 38 heavy (non-hydrogen) atoms. The number of carbonyl (C=O) groups excluding carboxylic acids is 4. The standard InChI is InChI=1S/C26H44O12/c1-5-35-21(27)25(22(28)36-6-2)9-13-31-17-19-33-15-11-26(23(29)37-7-3,24(30)38-8-4)12-16-34-20-18-32-14-10-25/h5-20H2,1-4H3. The Morgan fingerprint density at radius 1 is 0.447 bits per heavy atom. The van der Waals surface area contributed by atoms with Gasteiger partial charge in [0, 0.05) is 26.4 Å². The van der Waals surface area contributed by atoms with E-state index in [-0.39, 0.29) is 105 Å². The fourth-order valence-corrected chi connectivity index (χ4v) is 3.94. The lowest BCUT2D eigenvalue weighted by atomic mass is 9.81. The van der Waals surface area contributed by atoms with Crippen molar-refractivity contribution in [2.24, 2.45) is 10.8 Å². The molecule has 0 bridgehead atoms. The van der Waals surface area contributed by atoms with Crippen LogP contribution >= 0.6 is 0 Å². The first kappa shape index (κ1) is 33.7. The normalized spacial score (nSPS) is 19.7. The van der Waals surface area contributed by atoms with Crippen molar-refractivity contribution < 1.29 is 57.1 Å². The summed E-state index contributed by atoms with van der Waals surface area (Å²) in [6, 6.07) is 0. The molecule has 12 nitrogen and oxygen atoms in total. The molecule has 0 N–H and O–H groups in total. The zero-order valence-corrected chi connectivity index (χ0v) is 23.2. The molecule has 0 saturated carbocycles. The molecule has 1 heterocycles. The van der Waals surface area contributed by atoms with Crippen LogP contribution in [-0.4, -0.2) is 103 Å². The molecule has 0 unspecified atom stereocenters. The van der Waals surface area contributed by atoms with Gasteiger partial charge in [-0.15, -0.1) is 0 Å². The van der Waals surface area contributed by atoms with E-state index < -0.39 is 34.7 Å². The van der Waals surface area contributed by atoms with Gasteiger partial charge < -0.3 is 37.9 Å². The Labute approximate surface area is 224 Å². The maximum atomic E-state index is 12.9. The summed E-state index contributed by atoms with van der Waals surface area (Å²) in [5, 5.41) is 0. The van der Waals surface area contributed by atoms with Crippen LogP contribution in [0.4, 0.5) is 0 Å². The minimum Gasteiger partial charge on any atom is -0.465 e. The van der Waals surface area contributed by atoms with Crippen LogP contribution < -0.4 is 0 Å². The van der Waals surface area contributed by atoms with Gasteiger partial charge in [0.25, 0.3) is 0 Å². The second-order valence-electron chi connectivity index (χ2n) is 8.50. The van der Waals surface area contributed by atoms with Crippen LogP contribution in [0.1, 0.15) is 53.4 Å². The lowest BCUT2D eigenvalue weighted by Crippen LogP contribution is -2.44. The summed E-state index contributed by atoms with van der Waals surface area (Å²) in [6.45, 7) is 8.03. The third-order valence-corrected chi connectivity index (χ3v) is 6.10. The molecule has 0 atom stereocenters. The van der Waals surface area contributed by atoms with Gasteiger partial charge in [-0.05, 0) is 53.4 Å². The molecule has 1 aliphatic heterocycles. The van der Waals surface area contributed by atoms with Crippen LogP contribution in [0, 0.1) is 10.8 Å². The van der Waals surface area contributed by atoms with Crippen molar-refractivity contribution >= 4 is 23.9 Å². The fraction of sp³-hybridized carbons (Fsp3) is 0.846. The van der Waals surface area contributed by atoms with Crippen LogP contribution in [0.5, 0.6) is 0 Å². The smallest absolute Gasteiger partial charge is 0.323 e. The summed E-state index contributed by atoms with van der Waals surface area (Å²) < 4.78 is 43.3. The molecule has 0 aliphatic carbocycles. The maximum absolute atomic E-state index is 12.9. The predicted molar refractivity (Wildman–Crippen MR) is 133 cm³/mol. The van der Waals surface area contributed by atoms with Gasteiger partial charge in [0.05, 0.1) is 52.9 Å². The molecule has 0 aromatic heterocycles. The predicted octanol–water partition coefficient (Wildman–Crippen LogP) is 1.85. The average Bonchev–Trinajstić information content (AvgIpc) is 2.89. The fourth-order valence-electron chi connectivity index (χ4n) is 3.94. The first-order valence-electron chi connectivity index (χ1n) is 13.3. The van der Waals surface area contributed by atoms with E-state index in [4.69, 9.17) is 37.9 Å². The summed E-state index contributed by atoms with van der Waals surface area (Å²) in [7, 11) is 0. The summed E-state index contributed by atoms with van der Waals surface area (Å²) in [6.07, 6.45) is 0.164. The van der Waals surface area contributed by atoms with Crippen molar-refractivity contribution in [3.05, 3.63) is 0 Å². The first-order chi connectivity index (χ1) is 18.3. The Balaban J connectivity index is 2.99. The average molecular weight is 549 g/mol. The zero-order chi connectivity index (χ0) is 28.3. The highest BCUT2D eigenvalue weighted by Gasteiger charge is 2.49. The highest BCUT2D eigenvalue weighted by molar-refractivity contribution is 6.00. The lowest BCUT2D eigenvalue weighted by molar-refractivity contribution is -0.178. The molecule has 1 rings (SSSR count). The van der Waals surface area contributed by atoms with Crippen LogP contribution in [0.15, 0.2) is 0 Å². The van der Waals surface area contributed by atoms with Gasteiger partial charge in [-0.2, -0.15) is 0 Å². The lowest BCUT2D eigenvalue weighted by Gasteiger charge is -2.30. The largest absolute Gasteiger partial charge is 0.465 e. The van der Waals surface area contributed by atoms with Crippen molar-refractivity contribution in [3.8, 4) is 0 Å². The number of rotatable bonds is 8. The summed E-state index contributed by atoms with van der Waals surface area (Å²) in [5.74, 6) is -2.72. The molecule has 1 fully saturated rings. The Kier molecular flexibility index (Phi) is 16.8. The topological polar surface area (TPSA) is 142 Å². The van der Waals surface area contributed by atoms with E-state index in [1.807, 2.05) is 0 Å². The minimum absolute atomic E-state index is 0.0410. The number of hydrogen-bond acceptors (Lipinski definition) is 12. The molecular weight excluding hydrogens is 504 g/mol. The molecular formula is C26H44O12. The van der Waals surface area contributed by atoms with Crippen molar-refractivity contribution in [3.63, 3.8) is 0 Å². The van der Waals surface area contributed by atoms with Crippen LogP contribution in [0.3, 0.4) is 0 Å². The van der Waals surface area contributed by atoms with Gasteiger partial charge in [-0.25, -0.2) is 0 Å². The first-order valence-corrected chi connectivity index (χ1v) is 13.3. The van der Waals surface area contributed by atoms with Crippen LogP contribution in [-0.2, 0) is 57.1 Å². The number of carbonyl (C=O) groups is 4. The monoisotopic (exact) mass is 548 g/mol. The van der Waals surface area contributed by atoms with Gasteiger partial charge in [0.1, 0.15) is 0 Å². The van der Waals surface area contributed by atoms with Gasteiger partial charge in [0.15, 0.2) is 10.8 Å². The molecule has 0 amide bonds. The number of hydrogen-bond donors (Lipinski definition) is 0. The molecule has 1 aliphatic rings.